The monoisotopic (exact) mass is 318 g/mol. The summed E-state index contributed by atoms with van der Waals surface area (Å²) in [7, 11) is -3.72. The van der Waals surface area contributed by atoms with Gasteiger partial charge in [0.05, 0.1) is 0 Å². The van der Waals surface area contributed by atoms with Gasteiger partial charge in [0.1, 0.15) is 10.6 Å². The Balaban J connectivity index is 2.73. The molecule has 8 heteroatoms. The summed E-state index contributed by atoms with van der Waals surface area (Å²) in [5.41, 5.74) is 0.432. The van der Waals surface area contributed by atoms with E-state index in [9.17, 15) is 13.2 Å². The van der Waals surface area contributed by atoms with E-state index < -0.39 is 16.0 Å². The van der Waals surface area contributed by atoms with Gasteiger partial charge >= 0.3 is 5.97 Å². The first kappa shape index (κ1) is 17.7. The van der Waals surface area contributed by atoms with Crippen LogP contribution in [0.15, 0.2) is 4.90 Å². The Morgan fingerprint density at radius 1 is 1.19 bits per heavy atom. The number of aromatic carboxylic acids is 1. The van der Waals surface area contributed by atoms with Gasteiger partial charge in [-0.3, -0.25) is 0 Å². The van der Waals surface area contributed by atoms with E-state index in [4.69, 9.17) is 10.2 Å². The van der Waals surface area contributed by atoms with Gasteiger partial charge in [-0.1, -0.05) is 12.8 Å². The number of sulfonamides is 1. The smallest absolute Gasteiger partial charge is 0.352 e. The molecular weight excluding hydrogens is 296 g/mol. The summed E-state index contributed by atoms with van der Waals surface area (Å²) in [6.07, 6.45) is 3.07. The molecule has 1 heterocycles. The zero-order valence-electron chi connectivity index (χ0n) is 12.3. The van der Waals surface area contributed by atoms with Crippen molar-refractivity contribution >= 4 is 16.0 Å². The molecule has 0 saturated heterocycles. The van der Waals surface area contributed by atoms with E-state index in [2.05, 4.69) is 9.71 Å². The lowest BCUT2D eigenvalue weighted by Gasteiger charge is -2.07. The van der Waals surface area contributed by atoms with Crippen molar-refractivity contribution in [3.8, 4) is 0 Å². The number of H-pyrrole nitrogens is 1. The van der Waals surface area contributed by atoms with Crippen LogP contribution in [0.4, 0.5) is 0 Å². The fourth-order valence-electron chi connectivity index (χ4n) is 2.22. The van der Waals surface area contributed by atoms with Crippen molar-refractivity contribution in [2.75, 3.05) is 13.2 Å². The number of hydrogen-bond donors (Lipinski definition) is 4. The van der Waals surface area contributed by atoms with E-state index in [0.29, 0.717) is 25.1 Å². The number of carboxylic acid groups (broad SMARTS) is 1. The van der Waals surface area contributed by atoms with Gasteiger partial charge in [0.25, 0.3) is 0 Å². The third-order valence-corrected chi connectivity index (χ3v) is 4.96. The van der Waals surface area contributed by atoms with Gasteiger partial charge in [-0.15, -0.1) is 0 Å². The van der Waals surface area contributed by atoms with Crippen LogP contribution >= 0.6 is 0 Å². The minimum absolute atomic E-state index is 0.00950. The van der Waals surface area contributed by atoms with Crippen LogP contribution in [0.1, 0.15) is 47.4 Å². The standard InChI is InChI=1S/C13H22N2O5S/c1-9-11(13(17)18)15-10(2)12(9)21(19,20)14-7-5-3-4-6-8-16/h14-16H,3-8H2,1-2H3,(H,17,18). The van der Waals surface area contributed by atoms with Crippen LogP contribution in [0.25, 0.3) is 0 Å². The molecule has 21 heavy (non-hydrogen) atoms. The minimum atomic E-state index is -3.72. The highest BCUT2D eigenvalue weighted by Gasteiger charge is 2.25. The number of aliphatic hydroxyl groups is 1. The van der Waals surface area contributed by atoms with E-state index >= 15 is 0 Å². The molecule has 0 saturated carbocycles. The topological polar surface area (TPSA) is 119 Å². The molecule has 120 valence electrons. The van der Waals surface area contributed by atoms with E-state index in [0.717, 1.165) is 12.8 Å². The number of unbranched alkanes of at least 4 members (excludes halogenated alkanes) is 3. The molecule has 0 aliphatic carbocycles. The molecule has 1 rings (SSSR count). The molecule has 0 aromatic carbocycles. The highest BCUT2D eigenvalue weighted by molar-refractivity contribution is 7.89. The van der Waals surface area contributed by atoms with Crippen LogP contribution in [-0.2, 0) is 10.0 Å². The summed E-state index contributed by atoms with van der Waals surface area (Å²) in [5.74, 6) is -1.18. The van der Waals surface area contributed by atoms with Gasteiger partial charge in [-0.25, -0.2) is 17.9 Å². The molecule has 0 aliphatic rings. The van der Waals surface area contributed by atoms with Crippen molar-refractivity contribution in [3.63, 3.8) is 0 Å². The number of hydrogen-bond acceptors (Lipinski definition) is 4. The summed E-state index contributed by atoms with van der Waals surface area (Å²) in [4.78, 5) is 13.6. The van der Waals surface area contributed by atoms with Crippen LogP contribution in [0, 0.1) is 13.8 Å². The normalized spacial score (nSPS) is 11.8. The van der Waals surface area contributed by atoms with Crippen LogP contribution < -0.4 is 4.72 Å². The average Bonchev–Trinajstić information content (AvgIpc) is 2.69. The maximum absolute atomic E-state index is 12.2. The Kier molecular flexibility index (Phi) is 6.38. The van der Waals surface area contributed by atoms with E-state index in [1.807, 2.05) is 0 Å². The third-order valence-electron chi connectivity index (χ3n) is 3.23. The second-order valence-corrected chi connectivity index (χ2v) is 6.62. The largest absolute Gasteiger partial charge is 0.477 e. The first-order valence-electron chi connectivity index (χ1n) is 6.84. The van der Waals surface area contributed by atoms with Crippen LogP contribution in [0.2, 0.25) is 0 Å². The molecule has 1 aromatic rings. The number of carbonyl (C=O) groups is 1. The first-order valence-corrected chi connectivity index (χ1v) is 8.32. The van der Waals surface area contributed by atoms with Crippen molar-refractivity contribution in [2.24, 2.45) is 0 Å². The Bertz CT molecular complexity index is 592. The van der Waals surface area contributed by atoms with Crippen molar-refractivity contribution in [2.45, 2.75) is 44.4 Å². The van der Waals surface area contributed by atoms with Gasteiger partial charge in [0.2, 0.25) is 10.0 Å². The fourth-order valence-corrected chi connectivity index (χ4v) is 3.74. The Hall–Kier alpha value is -1.38. The molecule has 0 unspecified atom stereocenters. The van der Waals surface area contributed by atoms with Crippen LogP contribution in [0.5, 0.6) is 0 Å². The van der Waals surface area contributed by atoms with Gasteiger partial charge in [-0.2, -0.15) is 0 Å². The Labute approximate surface area is 124 Å². The molecule has 7 nitrogen and oxygen atoms in total. The van der Waals surface area contributed by atoms with Crippen LogP contribution in [0.3, 0.4) is 0 Å². The summed E-state index contributed by atoms with van der Waals surface area (Å²) in [6.45, 7) is 3.45. The fraction of sp³-hybridized carbons (Fsp3) is 0.615. The molecule has 0 bridgehead atoms. The SMILES string of the molecule is Cc1[nH]c(C(=O)O)c(C)c1S(=O)(=O)NCCCCCCO. The van der Waals surface area contributed by atoms with Crippen molar-refractivity contribution < 1.29 is 23.4 Å². The number of aromatic amines is 1. The van der Waals surface area contributed by atoms with E-state index in [1.165, 1.54) is 13.8 Å². The maximum Gasteiger partial charge on any atom is 0.352 e. The number of rotatable bonds is 9. The molecule has 4 N–H and O–H groups in total. The molecule has 0 amide bonds. The molecule has 0 aliphatic heterocycles. The summed E-state index contributed by atoms with van der Waals surface area (Å²) in [6, 6.07) is 0. The lowest BCUT2D eigenvalue weighted by atomic mass is 10.2. The maximum atomic E-state index is 12.2. The molecule has 1 aromatic heterocycles. The second-order valence-electron chi connectivity index (χ2n) is 4.92. The second kappa shape index (κ2) is 7.58. The van der Waals surface area contributed by atoms with Gasteiger partial charge in [0, 0.05) is 24.4 Å². The molecular formula is C13H22N2O5S. The summed E-state index contributed by atoms with van der Waals surface area (Å²) >= 11 is 0. The molecule has 0 spiro atoms. The predicted molar refractivity (Wildman–Crippen MR) is 78.0 cm³/mol. The number of aryl methyl sites for hydroxylation is 1. The lowest BCUT2D eigenvalue weighted by molar-refractivity contribution is 0.0690. The molecule has 0 atom stereocenters. The van der Waals surface area contributed by atoms with Gasteiger partial charge in [0.15, 0.2) is 0 Å². The zero-order chi connectivity index (χ0) is 16.0. The third kappa shape index (κ3) is 4.55. The summed E-state index contributed by atoms with van der Waals surface area (Å²) < 4.78 is 27.0. The average molecular weight is 318 g/mol. The van der Waals surface area contributed by atoms with Crippen LogP contribution in [-0.4, -0.2) is 42.7 Å². The van der Waals surface area contributed by atoms with Crippen molar-refractivity contribution in [1.82, 2.24) is 9.71 Å². The number of nitrogens with one attached hydrogen (secondary N) is 2. The Morgan fingerprint density at radius 3 is 2.33 bits per heavy atom. The Morgan fingerprint density at radius 2 is 1.81 bits per heavy atom. The number of aliphatic hydroxyl groups excluding tert-OH is 1. The van der Waals surface area contributed by atoms with Crippen molar-refractivity contribution in [3.05, 3.63) is 17.0 Å². The number of aromatic nitrogens is 1. The zero-order valence-corrected chi connectivity index (χ0v) is 13.1. The van der Waals surface area contributed by atoms with E-state index in [-0.39, 0.29) is 22.8 Å². The van der Waals surface area contributed by atoms with Gasteiger partial charge in [-0.05, 0) is 26.7 Å². The van der Waals surface area contributed by atoms with Gasteiger partial charge < -0.3 is 15.2 Å². The molecule has 0 fully saturated rings. The predicted octanol–water partition coefficient (Wildman–Crippen LogP) is 1.16. The highest BCUT2D eigenvalue weighted by atomic mass is 32.2. The summed E-state index contributed by atoms with van der Waals surface area (Å²) in [5, 5.41) is 17.6. The minimum Gasteiger partial charge on any atom is -0.477 e. The quantitative estimate of drug-likeness (QED) is 0.509. The van der Waals surface area contributed by atoms with Crippen molar-refractivity contribution in [1.29, 1.82) is 0 Å². The molecule has 0 radical (unpaired) electrons. The van der Waals surface area contributed by atoms with E-state index in [1.54, 1.807) is 0 Å². The lowest BCUT2D eigenvalue weighted by Crippen LogP contribution is -2.25. The number of carboxylic acids is 1. The highest BCUT2D eigenvalue weighted by Crippen LogP contribution is 2.23. The first-order chi connectivity index (χ1) is 9.81.